The number of anilines is 2. The second-order valence-corrected chi connectivity index (χ2v) is 8.38. The van der Waals surface area contributed by atoms with Crippen LogP contribution in [0.5, 0.6) is 0 Å². The molecule has 0 heterocycles. The first-order valence-corrected chi connectivity index (χ1v) is 10.7. The van der Waals surface area contributed by atoms with Gasteiger partial charge in [0.1, 0.15) is 0 Å². The lowest BCUT2D eigenvalue weighted by atomic mass is 10.1. The molecule has 0 saturated heterocycles. The van der Waals surface area contributed by atoms with E-state index in [1.54, 1.807) is 43.3 Å². The van der Waals surface area contributed by atoms with E-state index >= 15 is 0 Å². The molecule has 0 radical (unpaired) electrons. The van der Waals surface area contributed by atoms with Crippen LogP contribution in [-0.2, 0) is 4.79 Å². The Morgan fingerprint density at radius 3 is 2.06 bits per heavy atom. The molecule has 0 bridgehead atoms. The van der Waals surface area contributed by atoms with Crippen LogP contribution < -0.4 is 10.6 Å². The van der Waals surface area contributed by atoms with Gasteiger partial charge in [-0.25, -0.2) is 9.59 Å². The van der Waals surface area contributed by atoms with Crippen LogP contribution in [0.1, 0.15) is 38.0 Å². The van der Waals surface area contributed by atoms with Gasteiger partial charge in [0.2, 0.25) is 5.91 Å². The predicted molar refractivity (Wildman–Crippen MR) is 125 cm³/mol. The van der Waals surface area contributed by atoms with Gasteiger partial charge in [-0.2, -0.15) is 0 Å². The van der Waals surface area contributed by atoms with Crippen molar-refractivity contribution in [1.82, 2.24) is 0 Å². The Morgan fingerprint density at radius 2 is 1.42 bits per heavy atom. The molecule has 0 aromatic heterocycles. The molecule has 0 saturated carbocycles. The van der Waals surface area contributed by atoms with Crippen molar-refractivity contribution in [3.8, 4) is 0 Å². The number of aromatic carboxylic acids is 2. The van der Waals surface area contributed by atoms with Gasteiger partial charge < -0.3 is 20.8 Å². The molecule has 0 aliphatic rings. The zero-order valence-electron chi connectivity index (χ0n) is 17.4. The largest absolute Gasteiger partial charge is 0.478 e. The van der Waals surface area contributed by atoms with Gasteiger partial charge in [0.15, 0.2) is 0 Å². The molecule has 0 aliphatic carbocycles. The van der Waals surface area contributed by atoms with Crippen LogP contribution in [0.15, 0.2) is 77.7 Å². The maximum Gasteiger partial charge on any atom is 0.336 e. The molecule has 9 heteroatoms. The molecule has 3 aromatic carbocycles. The molecule has 2 amide bonds. The molecular weight excluding hydrogens is 444 g/mol. The van der Waals surface area contributed by atoms with E-state index in [1.807, 2.05) is 0 Å². The van der Waals surface area contributed by atoms with Crippen molar-refractivity contribution in [2.45, 2.75) is 17.1 Å². The van der Waals surface area contributed by atoms with Crippen molar-refractivity contribution in [2.24, 2.45) is 0 Å². The van der Waals surface area contributed by atoms with Crippen LogP contribution >= 0.6 is 11.8 Å². The van der Waals surface area contributed by atoms with Crippen molar-refractivity contribution < 1.29 is 29.4 Å². The van der Waals surface area contributed by atoms with E-state index in [4.69, 9.17) is 5.11 Å². The number of benzene rings is 3. The maximum absolute atomic E-state index is 12.6. The Morgan fingerprint density at radius 1 is 0.758 bits per heavy atom. The molecule has 3 rings (SSSR count). The predicted octanol–water partition coefficient (Wildman–Crippen LogP) is 4.45. The zero-order valence-corrected chi connectivity index (χ0v) is 18.3. The maximum atomic E-state index is 12.6. The number of nitrogens with one attached hydrogen (secondary N) is 2. The normalized spacial score (nSPS) is 11.3. The van der Waals surface area contributed by atoms with Crippen LogP contribution in [0.4, 0.5) is 11.4 Å². The molecule has 0 spiro atoms. The number of carbonyl (C=O) groups excluding carboxylic acids is 2. The Labute approximate surface area is 193 Å². The summed E-state index contributed by atoms with van der Waals surface area (Å²) < 4.78 is 0. The summed E-state index contributed by atoms with van der Waals surface area (Å²) in [5, 5.41) is 23.2. The van der Waals surface area contributed by atoms with E-state index in [0.717, 1.165) is 4.90 Å². The summed E-state index contributed by atoms with van der Waals surface area (Å²) in [4.78, 5) is 48.1. The number of hydrogen-bond acceptors (Lipinski definition) is 5. The highest BCUT2D eigenvalue weighted by atomic mass is 32.2. The summed E-state index contributed by atoms with van der Waals surface area (Å²) in [5.41, 5.74) is 1.02. The molecular formula is C24H20N2O6S. The first kappa shape index (κ1) is 23.6. The quantitative estimate of drug-likeness (QED) is 0.362. The molecule has 168 valence electrons. The lowest BCUT2D eigenvalue weighted by molar-refractivity contribution is -0.115. The van der Waals surface area contributed by atoms with Crippen LogP contribution in [0.3, 0.4) is 0 Å². The van der Waals surface area contributed by atoms with Crippen molar-refractivity contribution in [1.29, 1.82) is 0 Å². The van der Waals surface area contributed by atoms with Gasteiger partial charge in [-0.05, 0) is 61.5 Å². The van der Waals surface area contributed by atoms with E-state index in [2.05, 4.69) is 10.6 Å². The van der Waals surface area contributed by atoms with Gasteiger partial charge in [0.05, 0.1) is 21.9 Å². The van der Waals surface area contributed by atoms with Crippen LogP contribution in [0, 0.1) is 0 Å². The lowest BCUT2D eigenvalue weighted by Gasteiger charge is -2.13. The summed E-state index contributed by atoms with van der Waals surface area (Å²) in [7, 11) is 0. The van der Waals surface area contributed by atoms with Crippen molar-refractivity contribution in [2.75, 3.05) is 10.6 Å². The number of rotatable bonds is 8. The zero-order chi connectivity index (χ0) is 24.0. The van der Waals surface area contributed by atoms with Crippen LogP contribution in [0.25, 0.3) is 0 Å². The summed E-state index contributed by atoms with van der Waals surface area (Å²) in [6.07, 6.45) is 0. The summed E-state index contributed by atoms with van der Waals surface area (Å²) in [6, 6.07) is 18.6. The lowest BCUT2D eigenvalue weighted by Crippen LogP contribution is -2.22. The van der Waals surface area contributed by atoms with Gasteiger partial charge in [-0.3, -0.25) is 9.59 Å². The highest BCUT2D eigenvalue weighted by Gasteiger charge is 2.17. The first-order valence-electron chi connectivity index (χ1n) is 9.79. The molecule has 1 unspecified atom stereocenters. The molecule has 4 N–H and O–H groups in total. The second-order valence-electron chi connectivity index (χ2n) is 6.96. The SMILES string of the molecule is CC(Sc1cccc(NC(=O)c2ccccc2C(=O)O)c1)C(=O)Nc1ccc(C(=O)O)cc1. The third-order valence-electron chi connectivity index (χ3n) is 4.58. The first-order chi connectivity index (χ1) is 15.7. The average Bonchev–Trinajstić information content (AvgIpc) is 2.79. The van der Waals surface area contributed by atoms with Crippen LogP contribution in [-0.4, -0.2) is 39.2 Å². The third-order valence-corrected chi connectivity index (χ3v) is 5.67. The Balaban J connectivity index is 1.64. The molecule has 33 heavy (non-hydrogen) atoms. The van der Waals surface area contributed by atoms with Crippen molar-refractivity contribution >= 4 is 46.9 Å². The van der Waals surface area contributed by atoms with E-state index in [9.17, 15) is 24.3 Å². The van der Waals surface area contributed by atoms with E-state index in [1.165, 1.54) is 48.2 Å². The third kappa shape index (κ3) is 6.20. The smallest absolute Gasteiger partial charge is 0.336 e. The minimum atomic E-state index is -1.19. The van der Waals surface area contributed by atoms with Gasteiger partial charge in [0.25, 0.3) is 5.91 Å². The van der Waals surface area contributed by atoms with Crippen LogP contribution in [0.2, 0.25) is 0 Å². The molecule has 0 aliphatic heterocycles. The number of carboxylic acids is 2. The minimum absolute atomic E-state index is 0.0460. The van der Waals surface area contributed by atoms with E-state index in [-0.39, 0.29) is 22.6 Å². The number of carbonyl (C=O) groups is 4. The minimum Gasteiger partial charge on any atom is -0.478 e. The van der Waals surface area contributed by atoms with Crippen molar-refractivity contribution in [3.05, 3.63) is 89.5 Å². The Kier molecular flexibility index (Phi) is 7.47. The van der Waals surface area contributed by atoms with Gasteiger partial charge in [-0.1, -0.05) is 18.2 Å². The second kappa shape index (κ2) is 10.5. The fraction of sp³-hybridized carbons (Fsp3) is 0.0833. The van der Waals surface area contributed by atoms with Gasteiger partial charge >= 0.3 is 11.9 Å². The summed E-state index contributed by atoms with van der Waals surface area (Å²) in [5.74, 6) is -3.06. The fourth-order valence-electron chi connectivity index (χ4n) is 2.91. The monoisotopic (exact) mass is 464 g/mol. The van der Waals surface area contributed by atoms with Gasteiger partial charge in [-0.15, -0.1) is 11.8 Å². The Hall–Kier alpha value is -4.11. The average molecular weight is 464 g/mol. The standard InChI is InChI=1S/C24H20N2O6S/c1-14(21(27)25-16-11-9-15(10-12-16)23(29)30)33-18-6-4-5-17(13-18)26-22(28)19-7-2-3-8-20(19)24(31)32/h2-14H,1H3,(H,25,27)(H,26,28)(H,29,30)(H,31,32). The number of amides is 2. The van der Waals surface area contributed by atoms with Gasteiger partial charge in [0, 0.05) is 16.3 Å². The van der Waals surface area contributed by atoms with E-state index < -0.39 is 23.1 Å². The summed E-state index contributed by atoms with van der Waals surface area (Å²) >= 11 is 1.27. The number of carboxylic acid groups (broad SMARTS) is 2. The van der Waals surface area contributed by atoms with Crippen molar-refractivity contribution in [3.63, 3.8) is 0 Å². The number of hydrogen-bond donors (Lipinski definition) is 4. The molecule has 0 fully saturated rings. The summed E-state index contributed by atoms with van der Waals surface area (Å²) in [6.45, 7) is 1.72. The topological polar surface area (TPSA) is 133 Å². The van der Waals surface area contributed by atoms with E-state index in [0.29, 0.717) is 11.4 Å². The molecule has 3 aromatic rings. The fourth-order valence-corrected chi connectivity index (χ4v) is 3.84. The highest BCUT2D eigenvalue weighted by Crippen LogP contribution is 2.27. The molecule has 1 atom stereocenters. The highest BCUT2D eigenvalue weighted by molar-refractivity contribution is 8.00. The molecule has 8 nitrogen and oxygen atoms in total. The Bertz CT molecular complexity index is 1210. The number of thioether (sulfide) groups is 1.